The van der Waals surface area contributed by atoms with Crippen molar-refractivity contribution < 1.29 is 8.76 Å². The van der Waals surface area contributed by atoms with Gasteiger partial charge in [0.2, 0.25) is 0 Å². The highest BCUT2D eigenvalue weighted by Crippen LogP contribution is 2.18. The van der Waals surface area contributed by atoms with E-state index in [0.29, 0.717) is 5.69 Å². The molecular weight excluding hydrogens is 180 g/mol. The van der Waals surface area contributed by atoms with Crippen LogP contribution in [-0.4, -0.2) is 18.5 Å². The van der Waals surface area contributed by atoms with Crippen LogP contribution < -0.4 is 11.5 Å². The van der Waals surface area contributed by atoms with Gasteiger partial charge in [-0.3, -0.25) is 8.89 Å². The molecule has 0 aliphatic carbocycles. The zero-order valence-corrected chi connectivity index (χ0v) is 7.30. The van der Waals surface area contributed by atoms with Crippen molar-refractivity contribution >= 4 is 22.6 Å². The van der Waals surface area contributed by atoms with Crippen molar-refractivity contribution in [1.29, 1.82) is 0 Å². The molecule has 1 atom stereocenters. The molecule has 0 fully saturated rings. The third kappa shape index (κ3) is 1.56. The molecule has 68 valence electrons. The zero-order valence-electron chi connectivity index (χ0n) is 6.48. The molecule has 0 radical (unpaired) electrons. The van der Waals surface area contributed by atoms with Crippen LogP contribution in [0.2, 0.25) is 0 Å². The maximum atomic E-state index is 10.3. The number of nitrogens with zero attached hydrogens (tertiary/aromatic N) is 2. The number of rotatable bonds is 2. The van der Waals surface area contributed by atoms with Gasteiger partial charge in [0.1, 0.15) is 5.82 Å². The molecule has 6 nitrogen and oxygen atoms in total. The maximum absolute atomic E-state index is 10.3. The summed E-state index contributed by atoms with van der Waals surface area (Å²) < 4.78 is 21.9. The number of aromatic nitrogens is 2. The highest BCUT2D eigenvalue weighted by Gasteiger charge is 2.09. The minimum atomic E-state index is -2.18. The van der Waals surface area contributed by atoms with Crippen molar-refractivity contribution in [2.75, 3.05) is 11.5 Å². The number of anilines is 2. The highest BCUT2D eigenvalue weighted by atomic mass is 32.2. The average Bonchev–Trinajstić information content (AvgIpc) is 2.17. The molecule has 0 amide bonds. The predicted molar refractivity (Wildman–Crippen MR) is 44.7 cm³/mol. The molecule has 1 aromatic rings. The van der Waals surface area contributed by atoms with Crippen molar-refractivity contribution in [3.05, 3.63) is 5.69 Å². The van der Waals surface area contributed by atoms with E-state index in [0.717, 1.165) is 0 Å². The first kappa shape index (κ1) is 9.01. The van der Waals surface area contributed by atoms with Gasteiger partial charge in [-0.1, -0.05) is 0 Å². The van der Waals surface area contributed by atoms with Gasteiger partial charge >= 0.3 is 0 Å². The fourth-order valence-corrected chi connectivity index (χ4v) is 1.27. The molecule has 1 rings (SSSR count). The summed E-state index contributed by atoms with van der Waals surface area (Å²) in [7, 11) is 1.60. The van der Waals surface area contributed by atoms with E-state index in [4.69, 9.17) is 11.5 Å². The average molecular weight is 189 g/mol. The van der Waals surface area contributed by atoms with Crippen LogP contribution in [0.5, 0.6) is 0 Å². The summed E-state index contributed by atoms with van der Waals surface area (Å²) in [5.41, 5.74) is 11.5. The van der Waals surface area contributed by atoms with E-state index < -0.39 is 11.1 Å². The molecule has 0 saturated carbocycles. The van der Waals surface area contributed by atoms with E-state index in [1.165, 1.54) is 4.68 Å². The van der Waals surface area contributed by atoms with Crippen LogP contribution in [-0.2, 0) is 23.9 Å². The van der Waals surface area contributed by atoms with Crippen LogP contribution in [0.3, 0.4) is 0 Å². The zero-order chi connectivity index (χ0) is 9.30. The minimum absolute atomic E-state index is 0.198. The van der Waals surface area contributed by atoms with Gasteiger partial charge in [0.25, 0.3) is 0 Å². The van der Waals surface area contributed by atoms with Crippen LogP contribution in [0, 0.1) is 0 Å². The van der Waals surface area contributed by atoms with Crippen molar-refractivity contribution in [2.45, 2.75) is 5.75 Å². The molecule has 1 aromatic heterocycles. The van der Waals surface area contributed by atoms with E-state index in [2.05, 4.69) is 5.10 Å². The molecule has 0 aliphatic rings. The molecule has 1 unspecified atom stereocenters. The monoisotopic (exact) mass is 189 g/mol. The van der Waals surface area contributed by atoms with Crippen molar-refractivity contribution in [1.82, 2.24) is 9.78 Å². The molecule has 0 aromatic carbocycles. The lowest BCUT2D eigenvalue weighted by molar-refractivity contribution is 0.535. The van der Waals surface area contributed by atoms with Gasteiger partial charge in [-0.05, 0) is 11.1 Å². The number of hydrogen-bond donors (Lipinski definition) is 2. The van der Waals surface area contributed by atoms with Gasteiger partial charge in [-0.15, -0.1) is 0 Å². The largest absolute Gasteiger partial charge is 0.772 e. The number of aryl methyl sites for hydroxylation is 1. The fraction of sp³-hybridized carbons (Fsp3) is 0.400. The summed E-state index contributed by atoms with van der Waals surface area (Å²) in [6.45, 7) is 0. The second-order valence-electron chi connectivity index (χ2n) is 2.32. The van der Waals surface area contributed by atoms with Gasteiger partial charge in [0, 0.05) is 7.05 Å². The van der Waals surface area contributed by atoms with Crippen LogP contribution >= 0.6 is 0 Å². The van der Waals surface area contributed by atoms with Gasteiger partial charge in [-0.25, -0.2) is 0 Å². The van der Waals surface area contributed by atoms with E-state index in [1.54, 1.807) is 7.05 Å². The van der Waals surface area contributed by atoms with Crippen molar-refractivity contribution in [3.8, 4) is 0 Å². The van der Waals surface area contributed by atoms with Gasteiger partial charge < -0.3 is 16.0 Å². The lowest BCUT2D eigenvalue weighted by Crippen LogP contribution is -1.99. The third-order valence-corrected chi connectivity index (χ3v) is 1.97. The fourth-order valence-electron chi connectivity index (χ4n) is 0.829. The second-order valence-corrected chi connectivity index (χ2v) is 3.21. The minimum Gasteiger partial charge on any atom is -0.772 e. The molecule has 4 N–H and O–H groups in total. The lowest BCUT2D eigenvalue weighted by atomic mass is 10.4. The van der Waals surface area contributed by atoms with Crippen molar-refractivity contribution in [3.63, 3.8) is 0 Å². The topological polar surface area (TPSA) is 110 Å². The standard InChI is InChI=1S/C5H10N4O2S/c1-9-5(7)4(6)3(8-9)2-12(10)11/h2,6-7H2,1H3,(H,10,11)/p-1. The summed E-state index contributed by atoms with van der Waals surface area (Å²) in [6, 6.07) is 0. The Balaban J connectivity index is 3.01. The Labute approximate surface area is 71.8 Å². The maximum Gasteiger partial charge on any atom is 0.145 e. The summed E-state index contributed by atoms with van der Waals surface area (Å²) in [6.07, 6.45) is 0. The molecule has 12 heavy (non-hydrogen) atoms. The van der Waals surface area contributed by atoms with Gasteiger partial charge in [-0.2, -0.15) is 5.10 Å². The third-order valence-electron chi connectivity index (χ3n) is 1.46. The van der Waals surface area contributed by atoms with Crippen LogP contribution in [0.25, 0.3) is 0 Å². The SMILES string of the molecule is Cn1nc(CS(=O)[O-])c(N)c1N. The lowest BCUT2D eigenvalue weighted by Gasteiger charge is -2.01. The molecule has 0 spiro atoms. The second kappa shape index (κ2) is 3.11. The Morgan fingerprint density at radius 2 is 2.25 bits per heavy atom. The van der Waals surface area contributed by atoms with E-state index >= 15 is 0 Å². The first-order valence-electron chi connectivity index (χ1n) is 3.15. The van der Waals surface area contributed by atoms with Crippen LogP contribution in [0.1, 0.15) is 5.69 Å². The molecule has 0 saturated heterocycles. The van der Waals surface area contributed by atoms with Crippen LogP contribution in [0.15, 0.2) is 0 Å². The normalized spacial score (nSPS) is 13.2. The van der Waals surface area contributed by atoms with Gasteiger partial charge in [0.15, 0.2) is 0 Å². The Morgan fingerprint density at radius 1 is 1.67 bits per heavy atom. The van der Waals surface area contributed by atoms with Gasteiger partial charge in [0.05, 0.1) is 17.1 Å². The predicted octanol–water partition coefficient (Wildman–Crippen LogP) is -1.04. The Hall–Kier alpha value is -1.08. The molecule has 0 aliphatic heterocycles. The van der Waals surface area contributed by atoms with Crippen molar-refractivity contribution in [2.24, 2.45) is 7.05 Å². The number of nitrogens with two attached hydrogens (primary N) is 2. The summed E-state index contributed by atoms with van der Waals surface area (Å²) >= 11 is -2.18. The summed E-state index contributed by atoms with van der Waals surface area (Å²) in [4.78, 5) is 0. The number of hydrogen-bond acceptors (Lipinski definition) is 5. The summed E-state index contributed by atoms with van der Waals surface area (Å²) in [5, 5.41) is 3.82. The summed E-state index contributed by atoms with van der Waals surface area (Å²) in [5.74, 6) is 0.0899. The highest BCUT2D eigenvalue weighted by molar-refractivity contribution is 7.78. The Kier molecular flexibility index (Phi) is 2.34. The molecule has 1 heterocycles. The van der Waals surface area contributed by atoms with E-state index in [1.807, 2.05) is 0 Å². The molecular formula is C5H9N4O2S-. The molecule has 0 bridgehead atoms. The molecule has 7 heteroatoms. The first-order chi connectivity index (χ1) is 5.52. The Morgan fingerprint density at radius 3 is 2.58 bits per heavy atom. The van der Waals surface area contributed by atoms with Crippen LogP contribution in [0.4, 0.5) is 11.5 Å². The smallest absolute Gasteiger partial charge is 0.145 e. The quantitative estimate of drug-likeness (QED) is 0.577. The van der Waals surface area contributed by atoms with E-state index in [-0.39, 0.29) is 17.3 Å². The van der Waals surface area contributed by atoms with E-state index in [9.17, 15) is 8.76 Å². The first-order valence-corrected chi connectivity index (χ1v) is 4.39. The Bertz CT molecular complexity index is 321. The number of nitrogen functional groups attached to an aromatic ring is 2.